The molecule has 0 aliphatic carbocycles. The van der Waals surface area contributed by atoms with Crippen LogP contribution in [0.5, 0.6) is 0 Å². The number of carbonyl (C=O) groups is 3. The van der Waals surface area contributed by atoms with E-state index in [9.17, 15) is 14.4 Å². The summed E-state index contributed by atoms with van der Waals surface area (Å²) in [5.74, 6) is -2.19. The van der Waals surface area contributed by atoms with E-state index in [1.54, 1.807) is 24.3 Å². The number of imide groups is 1. The van der Waals surface area contributed by atoms with E-state index in [-0.39, 0.29) is 23.8 Å². The number of fused-ring (bicyclic) bond motifs is 7. The molecular formula is C24H21Cl2N3O3. The first-order valence-electron chi connectivity index (χ1n) is 10.8. The number of aryl methyl sites for hydroxylation is 1. The first-order valence-corrected chi connectivity index (χ1v) is 11.6. The largest absolute Gasteiger partial charge is 0.324 e. The standard InChI is InChI=1S/C24H21Cl2N3O3/c1-11-5-6-13(25)10-17(11)29-21(30)18-16-4-3-9-28(16)24(19(18)22(29)31)14-7-8-15(26)12(2)20(14)27-23(24)32/h5-8,10,16,18-19H,3-4,9H2,1-2H3,(H,27,32)/t16-,18-,19-,24+/m0/s1. The summed E-state index contributed by atoms with van der Waals surface area (Å²) in [5, 5.41) is 4.01. The molecule has 0 saturated carbocycles. The Kier molecular flexibility index (Phi) is 4.15. The van der Waals surface area contributed by atoms with Crippen LogP contribution in [0.25, 0.3) is 0 Å². The summed E-state index contributed by atoms with van der Waals surface area (Å²) in [5.41, 5.74) is 2.25. The molecule has 6 nitrogen and oxygen atoms in total. The van der Waals surface area contributed by atoms with E-state index in [1.807, 2.05) is 19.9 Å². The quantitative estimate of drug-likeness (QED) is 0.639. The van der Waals surface area contributed by atoms with Crippen LogP contribution in [-0.2, 0) is 19.9 Å². The molecule has 3 fully saturated rings. The third-order valence-corrected chi connectivity index (χ3v) is 8.42. The molecule has 3 amide bonds. The normalized spacial score (nSPS) is 30.8. The molecule has 2 aromatic carbocycles. The number of hydrogen-bond donors (Lipinski definition) is 1. The molecule has 4 aliphatic rings. The Labute approximate surface area is 195 Å². The SMILES string of the molecule is Cc1ccc(Cl)cc1N1C(=O)[C@@H]2[C@@H](C1=O)[C@]1(C(=O)Nc3c1ccc(Cl)c3C)N1CCC[C@@H]21. The molecule has 4 heterocycles. The lowest BCUT2D eigenvalue weighted by molar-refractivity contribution is -0.135. The zero-order valence-corrected chi connectivity index (χ0v) is 19.1. The molecular weight excluding hydrogens is 449 g/mol. The second-order valence-electron chi connectivity index (χ2n) is 9.16. The van der Waals surface area contributed by atoms with Crippen LogP contribution in [0.1, 0.15) is 29.5 Å². The Hall–Kier alpha value is -2.41. The topological polar surface area (TPSA) is 69.7 Å². The van der Waals surface area contributed by atoms with E-state index in [1.165, 1.54) is 4.90 Å². The van der Waals surface area contributed by atoms with Crippen molar-refractivity contribution in [3.8, 4) is 0 Å². The molecule has 0 radical (unpaired) electrons. The van der Waals surface area contributed by atoms with E-state index in [0.717, 1.165) is 29.5 Å². The predicted octanol–water partition coefficient (Wildman–Crippen LogP) is 4.04. The zero-order chi connectivity index (χ0) is 22.5. The third kappa shape index (κ3) is 2.23. The minimum Gasteiger partial charge on any atom is -0.324 e. The number of benzene rings is 2. The number of carbonyl (C=O) groups excluding carboxylic acids is 3. The molecule has 1 N–H and O–H groups in total. The lowest BCUT2D eigenvalue weighted by Gasteiger charge is -2.36. The molecule has 3 saturated heterocycles. The van der Waals surface area contributed by atoms with Crippen molar-refractivity contribution in [3.05, 3.63) is 57.1 Å². The number of amides is 3. The summed E-state index contributed by atoms with van der Waals surface area (Å²) in [6.45, 7) is 4.38. The molecule has 0 aromatic heterocycles. The van der Waals surface area contributed by atoms with Gasteiger partial charge < -0.3 is 5.32 Å². The van der Waals surface area contributed by atoms with Crippen molar-refractivity contribution in [2.45, 2.75) is 38.3 Å². The maximum absolute atomic E-state index is 14.0. The maximum Gasteiger partial charge on any atom is 0.250 e. The van der Waals surface area contributed by atoms with E-state index in [4.69, 9.17) is 23.2 Å². The highest BCUT2D eigenvalue weighted by atomic mass is 35.5. The van der Waals surface area contributed by atoms with Crippen molar-refractivity contribution in [1.82, 2.24) is 4.90 Å². The Morgan fingerprint density at radius 2 is 1.84 bits per heavy atom. The van der Waals surface area contributed by atoms with Crippen LogP contribution >= 0.6 is 23.2 Å². The number of hydrogen-bond acceptors (Lipinski definition) is 4. The highest BCUT2D eigenvalue weighted by Crippen LogP contribution is 2.61. The predicted molar refractivity (Wildman–Crippen MR) is 122 cm³/mol. The average Bonchev–Trinajstić information content (AvgIpc) is 3.46. The Balaban J connectivity index is 1.58. The fraction of sp³-hybridized carbons (Fsp3) is 0.375. The summed E-state index contributed by atoms with van der Waals surface area (Å²) in [7, 11) is 0. The van der Waals surface area contributed by atoms with Crippen LogP contribution in [0.15, 0.2) is 30.3 Å². The summed E-state index contributed by atoms with van der Waals surface area (Å²) in [6, 6.07) is 8.64. The lowest BCUT2D eigenvalue weighted by Crippen LogP contribution is -2.54. The second-order valence-corrected chi connectivity index (χ2v) is 10.0. The van der Waals surface area contributed by atoms with Crippen LogP contribution < -0.4 is 10.2 Å². The van der Waals surface area contributed by atoms with Gasteiger partial charge in [-0.2, -0.15) is 0 Å². The van der Waals surface area contributed by atoms with Crippen LogP contribution in [0.4, 0.5) is 11.4 Å². The first kappa shape index (κ1) is 20.2. The van der Waals surface area contributed by atoms with Gasteiger partial charge in [0, 0.05) is 21.7 Å². The van der Waals surface area contributed by atoms with Crippen LogP contribution in [0, 0.1) is 25.7 Å². The lowest BCUT2D eigenvalue weighted by atomic mass is 9.75. The highest BCUT2D eigenvalue weighted by molar-refractivity contribution is 6.33. The zero-order valence-electron chi connectivity index (χ0n) is 17.6. The van der Waals surface area contributed by atoms with Gasteiger partial charge in [0.15, 0.2) is 0 Å². The molecule has 0 unspecified atom stereocenters. The van der Waals surface area contributed by atoms with Gasteiger partial charge in [-0.1, -0.05) is 35.3 Å². The molecule has 1 spiro atoms. The maximum atomic E-state index is 14.0. The van der Waals surface area contributed by atoms with Crippen molar-refractivity contribution in [2.24, 2.45) is 11.8 Å². The van der Waals surface area contributed by atoms with Gasteiger partial charge in [0.2, 0.25) is 17.7 Å². The van der Waals surface area contributed by atoms with E-state index in [2.05, 4.69) is 10.2 Å². The Morgan fingerprint density at radius 3 is 2.62 bits per heavy atom. The molecule has 8 heteroatoms. The van der Waals surface area contributed by atoms with Gasteiger partial charge in [0.05, 0.1) is 23.2 Å². The van der Waals surface area contributed by atoms with Crippen molar-refractivity contribution in [1.29, 1.82) is 0 Å². The smallest absolute Gasteiger partial charge is 0.250 e. The van der Waals surface area contributed by atoms with E-state index >= 15 is 0 Å². The molecule has 32 heavy (non-hydrogen) atoms. The Bertz CT molecular complexity index is 1250. The summed E-state index contributed by atoms with van der Waals surface area (Å²) < 4.78 is 0. The van der Waals surface area contributed by atoms with Crippen LogP contribution in [-0.4, -0.2) is 35.2 Å². The molecule has 164 valence electrons. The number of rotatable bonds is 1. The van der Waals surface area contributed by atoms with Crippen molar-refractivity contribution < 1.29 is 14.4 Å². The number of anilines is 2. The van der Waals surface area contributed by atoms with Gasteiger partial charge in [-0.05, 0) is 62.6 Å². The monoisotopic (exact) mass is 469 g/mol. The minimum atomic E-state index is -1.20. The van der Waals surface area contributed by atoms with Crippen molar-refractivity contribution in [2.75, 3.05) is 16.8 Å². The fourth-order valence-corrected chi connectivity index (χ4v) is 6.78. The molecule has 2 aromatic rings. The number of halogens is 2. The number of nitrogens with zero attached hydrogens (tertiary/aromatic N) is 2. The van der Waals surface area contributed by atoms with Gasteiger partial charge in [-0.3, -0.25) is 19.3 Å². The molecule has 4 atom stereocenters. The second kappa shape index (κ2) is 6.56. The number of nitrogens with one attached hydrogen (secondary N) is 1. The van der Waals surface area contributed by atoms with Crippen LogP contribution in [0.3, 0.4) is 0 Å². The third-order valence-electron chi connectivity index (χ3n) is 7.77. The summed E-state index contributed by atoms with van der Waals surface area (Å²) in [4.78, 5) is 44.8. The highest BCUT2D eigenvalue weighted by Gasteiger charge is 2.74. The van der Waals surface area contributed by atoms with E-state index in [0.29, 0.717) is 28.0 Å². The average molecular weight is 470 g/mol. The molecule has 6 rings (SSSR count). The van der Waals surface area contributed by atoms with Gasteiger partial charge in [0.1, 0.15) is 5.54 Å². The van der Waals surface area contributed by atoms with Gasteiger partial charge in [-0.15, -0.1) is 0 Å². The first-order chi connectivity index (χ1) is 15.3. The molecule has 0 bridgehead atoms. The Morgan fingerprint density at radius 1 is 1.06 bits per heavy atom. The molecule has 4 aliphatic heterocycles. The van der Waals surface area contributed by atoms with Gasteiger partial charge >= 0.3 is 0 Å². The minimum absolute atomic E-state index is 0.159. The summed E-state index contributed by atoms with van der Waals surface area (Å²) in [6.07, 6.45) is 1.65. The van der Waals surface area contributed by atoms with Gasteiger partial charge in [-0.25, -0.2) is 4.90 Å². The fourth-order valence-electron chi connectivity index (χ4n) is 6.45. The van der Waals surface area contributed by atoms with Crippen molar-refractivity contribution >= 4 is 52.3 Å². The summed E-state index contributed by atoms with van der Waals surface area (Å²) >= 11 is 12.5. The van der Waals surface area contributed by atoms with Crippen molar-refractivity contribution in [3.63, 3.8) is 0 Å². The van der Waals surface area contributed by atoms with Gasteiger partial charge in [0.25, 0.3) is 0 Å². The van der Waals surface area contributed by atoms with Crippen LogP contribution in [0.2, 0.25) is 10.0 Å². The van der Waals surface area contributed by atoms with E-state index < -0.39 is 17.4 Å².